The van der Waals surface area contributed by atoms with Gasteiger partial charge >= 0.3 is 0 Å². The van der Waals surface area contributed by atoms with E-state index in [1.807, 2.05) is 11.8 Å². The smallest absolute Gasteiger partial charge is 0.00679 e. The van der Waals surface area contributed by atoms with Gasteiger partial charge in [-0.3, -0.25) is 0 Å². The van der Waals surface area contributed by atoms with Crippen molar-refractivity contribution in [3.63, 3.8) is 0 Å². The maximum atomic E-state index is 3.69. The Morgan fingerprint density at radius 2 is 2.06 bits per heavy atom. The lowest BCUT2D eigenvalue weighted by molar-refractivity contribution is 0.169. The molecule has 0 aliphatic carbocycles. The molecular weight excluding hydrogens is 216 g/mol. The van der Waals surface area contributed by atoms with E-state index in [9.17, 15) is 0 Å². The second-order valence-electron chi connectivity index (χ2n) is 4.86. The van der Waals surface area contributed by atoms with Crippen molar-refractivity contribution in [1.82, 2.24) is 10.2 Å². The zero-order chi connectivity index (χ0) is 11.8. The summed E-state index contributed by atoms with van der Waals surface area (Å²) in [6, 6.07) is 0.709. The molecule has 1 unspecified atom stereocenters. The van der Waals surface area contributed by atoms with Crippen molar-refractivity contribution in [1.29, 1.82) is 0 Å². The lowest BCUT2D eigenvalue weighted by Gasteiger charge is -2.34. The summed E-state index contributed by atoms with van der Waals surface area (Å²) in [7, 11) is 0. The van der Waals surface area contributed by atoms with Crippen molar-refractivity contribution < 1.29 is 0 Å². The molecule has 1 fully saturated rings. The third kappa shape index (κ3) is 5.07. The van der Waals surface area contributed by atoms with Crippen LogP contribution in [0.5, 0.6) is 0 Å². The van der Waals surface area contributed by atoms with Crippen LogP contribution in [0.3, 0.4) is 0 Å². The lowest BCUT2D eigenvalue weighted by atomic mass is 9.90. The van der Waals surface area contributed by atoms with Crippen LogP contribution < -0.4 is 5.32 Å². The Morgan fingerprint density at radius 3 is 2.62 bits per heavy atom. The average Bonchev–Trinajstić information content (AvgIpc) is 2.34. The van der Waals surface area contributed by atoms with Gasteiger partial charge in [-0.15, -0.1) is 0 Å². The molecule has 1 N–H and O–H groups in total. The van der Waals surface area contributed by atoms with E-state index in [4.69, 9.17) is 0 Å². The molecule has 0 bridgehead atoms. The maximum Gasteiger partial charge on any atom is 0.00679 e. The fraction of sp³-hybridized carbons (Fsp3) is 1.00. The molecule has 2 nitrogen and oxygen atoms in total. The first-order valence-corrected chi connectivity index (χ1v) is 8.12. The normalized spacial score (nSPS) is 21.2. The maximum absolute atomic E-state index is 3.69. The molecule has 0 spiro atoms. The number of nitrogens with zero attached hydrogens (tertiary/aromatic N) is 1. The van der Waals surface area contributed by atoms with Crippen LogP contribution in [-0.4, -0.2) is 49.1 Å². The average molecular weight is 244 g/mol. The Bertz CT molecular complexity index is 167. The monoisotopic (exact) mass is 244 g/mol. The molecule has 1 aliphatic heterocycles. The minimum atomic E-state index is 0.709. The van der Waals surface area contributed by atoms with E-state index < -0.39 is 0 Å². The molecule has 3 heteroatoms. The highest BCUT2D eigenvalue weighted by atomic mass is 32.2. The molecule has 0 aromatic carbocycles. The summed E-state index contributed by atoms with van der Waals surface area (Å²) in [6.07, 6.45) is 6.25. The zero-order valence-corrected chi connectivity index (χ0v) is 12.0. The van der Waals surface area contributed by atoms with Crippen LogP contribution in [0.2, 0.25) is 0 Å². The highest BCUT2D eigenvalue weighted by Crippen LogP contribution is 2.20. The molecule has 0 amide bonds. The molecule has 96 valence electrons. The van der Waals surface area contributed by atoms with Crippen molar-refractivity contribution in [3.05, 3.63) is 0 Å². The third-order valence-corrected chi connectivity index (χ3v) is 4.48. The van der Waals surface area contributed by atoms with Crippen LogP contribution >= 0.6 is 11.8 Å². The highest BCUT2D eigenvalue weighted by Gasteiger charge is 2.22. The van der Waals surface area contributed by atoms with Crippen LogP contribution in [0.15, 0.2) is 0 Å². The van der Waals surface area contributed by atoms with E-state index in [-0.39, 0.29) is 0 Å². The largest absolute Gasteiger partial charge is 0.314 e. The van der Waals surface area contributed by atoms with Crippen molar-refractivity contribution >= 4 is 11.8 Å². The van der Waals surface area contributed by atoms with Crippen LogP contribution in [0.1, 0.15) is 33.1 Å². The van der Waals surface area contributed by atoms with Gasteiger partial charge in [0.2, 0.25) is 0 Å². The summed E-state index contributed by atoms with van der Waals surface area (Å²) in [5.41, 5.74) is 0. The van der Waals surface area contributed by atoms with E-state index in [0.717, 1.165) is 5.92 Å². The summed E-state index contributed by atoms with van der Waals surface area (Å²) in [6.45, 7) is 9.66. The van der Waals surface area contributed by atoms with Crippen LogP contribution in [-0.2, 0) is 0 Å². The van der Waals surface area contributed by atoms with Crippen LogP contribution in [0.4, 0.5) is 0 Å². The number of hydrogen-bond acceptors (Lipinski definition) is 3. The first-order valence-electron chi connectivity index (χ1n) is 6.72. The Kier molecular flexibility index (Phi) is 7.50. The predicted molar refractivity (Wildman–Crippen MR) is 75.3 cm³/mol. The molecule has 16 heavy (non-hydrogen) atoms. The molecule has 0 aromatic heterocycles. The minimum Gasteiger partial charge on any atom is -0.314 e. The molecule has 1 saturated heterocycles. The van der Waals surface area contributed by atoms with E-state index in [1.54, 1.807) is 0 Å². The van der Waals surface area contributed by atoms with E-state index in [2.05, 4.69) is 30.3 Å². The van der Waals surface area contributed by atoms with Gasteiger partial charge in [0.15, 0.2) is 0 Å². The van der Waals surface area contributed by atoms with Crippen molar-refractivity contribution in [2.75, 3.05) is 38.2 Å². The lowest BCUT2D eigenvalue weighted by Crippen LogP contribution is -2.42. The molecular formula is C13H28N2S. The van der Waals surface area contributed by atoms with E-state index in [1.165, 1.54) is 51.2 Å². The fourth-order valence-corrected chi connectivity index (χ4v) is 2.92. The van der Waals surface area contributed by atoms with Gasteiger partial charge in [0.1, 0.15) is 0 Å². The van der Waals surface area contributed by atoms with Gasteiger partial charge in [-0.1, -0.05) is 6.92 Å². The molecule has 1 atom stereocenters. The van der Waals surface area contributed by atoms with Crippen molar-refractivity contribution in [2.45, 2.75) is 39.2 Å². The number of likely N-dealkylation sites (tertiary alicyclic amines) is 1. The second-order valence-corrected chi connectivity index (χ2v) is 5.85. The quantitative estimate of drug-likeness (QED) is 0.693. The number of nitrogens with one attached hydrogen (secondary N) is 1. The number of hydrogen-bond donors (Lipinski definition) is 1. The molecule has 0 aromatic rings. The van der Waals surface area contributed by atoms with Gasteiger partial charge in [0.05, 0.1) is 0 Å². The van der Waals surface area contributed by atoms with Crippen LogP contribution in [0, 0.1) is 5.92 Å². The second kappa shape index (κ2) is 8.37. The molecule has 0 saturated carbocycles. The topological polar surface area (TPSA) is 15.3 Å². The Labute approximate surface area is 106 Å². The summed E-state index contributed by atoms with van der Waals surface area (Å²) < 4.78 is 0. The first-order chi connectivity index (χ1) is 7.77. The Morgan fingerprint density at radius 1 is 1.38 bits per heavy atom. The van der Waals surface area contributed by atoms with Gasteiger partial charge in [0.25, 0.3) is 0 Å². The van der Waals surface area contributed by atoms with E-state index in [0.29, 0.717) is 6.04 Å². The molecule has 1 aliphatic rings. The minimum absolute atomic E-state index is 0.709. The van der Waals surface area contributed by atoms with Gasteiger partial charge < -0.3 is 10.2 Å². The first kappa shape index (κ1) is 14.3. The number of thioether (sulfide) groups is 1. The zero-order valence-electron chi connectivity index (χ0n) is 11.2. The van der Waals surface area contributed by atoms with Gasteiger partial charge in [-0.25, -0.2) is 0 Å². The third-order valence-electron chi connectivity index (χ3n) is 3.78. The van der Waals surface area contributed by atoms with Gasteiger partial charge in [-0.05, 0) is 70.3 Å². The fourth-order valence-electron chi connectivity index (χ4n) is 2.48. The molecule has 1 rings (SSSR count). The summed E-state index contributed by atoms with van der Waals surface area (Å²) in [5.74, 6) is 2.19. The molecule has 1 heterocycles. The Balaban J connectivity index is 2.10. The summed E-state index contributed by atoms with van der Waals surface area (Å²) in [5, 5.41) is 3.69. The molecule has 0 radical (unpaired) electrons. The number of rotatable bonds is 7. The SMILES string of the molecule is CCN1CCC(C(C)NCCCSC)CC1. The predicted octanol–water partition coefficient (Wildman–Crippen LogP) is 2.45. The van der Waals surface area contributed by atoms with Crippen molar-refractivity contribution in [3.8, 4) is 0 Å². The summed E-state index contributed by atoms with van der Waals surface area (Å²) >= 11 is 1.95. The Hall–Kier alpha value is 0.270. The highest BCUT2D eigenvalue weighted by molar-refractivity contribution is 7.98. The standard InChI is InChI=1S/C13H28N2S/c1-4-15-9-6-13(7-10-15)12(2)14-8-5-11-16-3/h12-14H,4-11H2,1-3H3. The van der Waals surface area contributed by atoms with E-state index >= 15 is 0 Å². The van der Waals surface area contributed by atoms with Gasteiger partial charge in [-0.2, -0.15) is 11.8 Å². The van der Waals surface area contributed by atoms with Gasteiger partial charge in [0, 0.05) is 6.04 Å². The van der Waals surface area contributed by atoms with Crippen molar-refractivity contribution in [2.24, 2.45) is 5.92 Å². The van der Waals surface area contributed by atoms with Crippen LogP contribution in [0.25, 0.3) is 0 Å². The number of piperidine rings is 1. The summed E-state index contributed by atoms with van der Waals surface area (Å²) in [4.78, 5) is 2.57.